The molecule has 0 bridgehead atoms. The third kappa shape index (κ3) is 4.17. The predicted molar refractivity (Wildman–Crippen MR) is 108 cm³/mol. The standard InChI is InChI=1S/C21H25N5O3/c1-14-20(15(2)25-24-14)26-10-9-22-21(26)17-7-3-4-8-18(17)29-13-19(27)23-12-16-6-5-11-28-16/h3-4,7-10,16H,5-6,11-13H2,1-2H3,(H,23,27)(H,24,25). The maximum Gasteiger partial charge on any atom is 0.258 e. The number of ether oxygens (including phenoxy) is 2. The van der Waals surface area contributed by atoms with Gasteiger partial charge in [0.15, 0.2) is 6.61 Å². The van der Waals surface area contributed by atoms with E-state index >= 15 is 0 Å². The maximum atomic E-state index is 12.2. The van der Waals surface area contributed by atoms with E-state index in [0.29, 0.717) is 12.3 Å². The van der Waals surface area contributed by atoms with Crippen LogP contribution in [0.4, 0.5) is 0 Å². The number of imidazole rings is 1. The number of nitrogens with one attached hydrogen (secondary N) is 2. The molecule has 1 unspecified atom stereocenters. The first-order valence-electron chi connectivity index (χ1n) is 9.79. The minimum atomic E-state index is -0.167. The van der Waals surface area contributed by atoms with Crippen LogP contribution in [0.5, 0.6) is 5.75 Å². The Hall–Kier alpha value is -3.13. The highest BCUT2D eigenvalue weighted by Gasteiger charge is 2.19. The summed E-state index contributed by atoms with van der Waals surface area (Å²) in [7, 11) is 0. The molecule has 1 aliphatic rings. The van der Waals surface area contributed by atoms with Crippen molar-refractivity contribution in [1.82, 2.24) is 25.1 Å². The van der Waals surface area contributed by atoms with Gasteiger partial charge < -0.3 is 14.8 Å². The van der Waals surface area contributed by atoms with Crippen molar-refractivity contribution in [3.05, 3.63) is 48.0 Å². The minimum absolute atomic E-state index is 0.0613. The fraction of sp³-hybridized carbons (Fsp3) is 0.381. The number of para-hydroxylation sites is 1. The number of carbonyl (C=O) groups is 1. The Bertz CT molecular complexity index is 968. The van der Waals surface area contributed by atoms with Gasteiger partial charge in [-0.25, -0.2) is 4.98 Å². The molecule has 0 spiro atoms. The lowest BCUT2D eigenvalue weighted by molar-refractivity contribution is -0.123. The number of nitrogens with zero attached hydrogens (tertiary/aromatic N) is 3. The van der Waals surface area contributed by atoms with Crippen LogP contribution in [0.2, 0.25) is 0 Å². The third-order valence-corrected chi connectivity index (χ3v) is 5.01. The van der Waals surface area contributed by atoms with E-state index in [1.165, 1.54) is 0 Å². The second-order valence-electron chi connectivity index (χ2n) is 7.13. The van der Waals surface area contributed by atoms with Gasteiger partial charge >= 0.3 is 0 Å². The van der Waals surface area contributed by atoms with Gasteiger partial charge in [0.1, 0.15) is 11.6 Å². The molecule has 4 rings (SSSR count). The van der Waals surface area contributed by atoms with Crippen molar-refractivity contribution in [3.8, 4) is 22.8 Å². The number of aromatic amines is 1. The molecule has 1 saturated heterocycles. The quantitative estimate of drug-likeness (QED) is 0.641. The lowest BCUT2D eigenvalue weighted by Gasteiger charge is -2.14. The molecule has 1 atom stereocenters. The van der Waals surface area contributed by atoms with Crippen LogP contribution in [0.25, 0.3) is 17.1 Å². The smallest absolute Gasteiger partial charge is 0.258 e. The van der Waals surface area contributed by atoms with Crippen LogP contribution in [0, 0.1) is 13.8 Å². The first-order chi connectivity index (χ1) is 14.1. The van der Waals surface area contributed by atoms with Crippen molar-refractivity contribution in [2.75, 3.05) is 19.8 Å². The fourth-order valence-corrected chi connectivity index (χ4v) is 3.59. The molecule has 152 valence electrons. The van der Waals surface area contributed by atoms with Gasteiger partial charge in [-0.05, 0) is 38.8 Å². The van der Waals surface area contributed by atoms with Crippen molar-refractivity contribution in [3.63, 3.8) is 0 Å². The molecular formula is C21H25N5O3. The van der Waals surface area contributed by atoms with Crippen molar-refractivity contribution < 1.29 is 14.3 Å². The van der Waals surface area contributed by atoms with Crippen LogP contribution in [0.1, 0.15) is 24.2 Å². The van der Waals surface area contributed by atoms with E-state index < -0.39 is 0 Å². The molecule has 8 nitrogen and oxygen atoms in total. The maximum absolute atomic E-state index is 12.2. The van der Waals surface area contributed by atoms with E-state index in [-0.39, 0.29) is 18.6 Å². The molecular weight excluding hydrogens is 370 g/mol. The molecule has 2 N–H and O–H groups in total. The normalized spacial score (nSPS) is 16.1. The SMILES string of the molecule is Cc1n[nH]c(C)c1-n1ccnc1-c1ccccc1OCC(=O)NCC1CCCO1. The van der Waals surface area contributed by atoms with Crippen LogP contribution in [0.15, 0.2) is 36.7 Å². The molecule has 1 aliphatic heterocycles. The number of benzene rings is 1. The minimum Gasteiger partial charge on any atom is -0.483 e. The van der Waals surface area contributed by atoms with Crippen molar-refractivity contribution in [1.29, 1.82) is 0 Å². The Morgan fingerprint density at radius 3 is 3.00 bits per heavy atom. The molecule has 0 saturated carbocycles. The van der Waals surface area contributed by atoms with Crippen LogP contribution in [-0.4, -0.2) is 51.5 Å². The first kappa shape index (κ1) is 19.2. The lowest BCUT2D eigenvalue weighted by Crippen LogP contribution is -2.35. The zero-order valence-corrected chi connectivity index (χ0v) is 16.6. The summed E-state index contributed by atoms with van der Waals surface area (Å²) in [5, 5.41) is 10.2. The summed E-state index contributed by atoms with van der Waals surface area (Å²) in [5.41, 5.74) is 3.60. The summed E-state index contributed by atoms with van der Waals surface area (Å²) in [6.07, 6.45) is 5.78. The van der Waals surface area contributed by atoms with Crippen LogP contribution >= 0.6 is 0 Å². The van der Waals surface area contributed by atoms with Crippen LogP contribution in [0.3, 0.4) is 0 Å². The molecule has 1 aromatic carbocycles. The highest BCUT2D eigenvalue weighted by atomic mass is 16.5. The number of hydrogen-bond donors (Lipinski definition) is 2. The van der Waals surface area contributed by atoms with Crippen LogP contribution in [-0.2, 0) is 9.53 Å². The van der Waals surface area contributed by atoms with Gasteiger partial charge in [-0.1, -0.05) is 12.1 Å². The Balaban J connectivity index is 1.50. The third-order valence-electron chi connectivity index (χ3n) is 5.01. The molecule has 2 aromatic heterocycles. The van der Waals surface area contributed by atoms with Crippen molar-refractivity contribution >= 4 is 5.91 Å². The largest absolute Gasteiger partial charge is 0.483 e. The topological polar surface area (TPSA) is 94.1 Å². The van der Waals surface area contributed by atoms with Gasteiger partial charge in [0, 0.05) is 25.5 Å². The Kier molecular flexibility index (Phi) is 5.62. The number of amides is 1. The predicted octanol–water partition coefficient (Wildman–Crippen LogP) is 2.55. The van der Waals surface area contributed by atoms with E-state index in [2.05, 4.69) is 20.5 Å². The Labute approximate surface area is 169 Å². The number of aryl methyl sites for hydroxylation is 2. The van der Waals surface area contributed by atoms with E-state index in [0.717, 1.165) is 47.9 Å². The zero-order chi connectivity index (χ0) is 20.2. The average Bonchev–Trinajstić information content (AvgIpc) is 3.47. The Morgan fingerprint density at radius 1 is 1.38 bits per heavy atom. The molecule has 1 fully saturated rings. The zero-order valence-electron chi connectivity index (χ0n) is 16.6. The van der Waals surface area contributed by atoms with Gasteiger partial charge in [-0.2, -0.15) is 5.10 Å². The molecule has 29 heavy (non-hydrogen) atoms. The average molecular weight is 395 g/mol. The van der Waals surface area contributed by atoms with E-state index in [9.17, 15) is 4.79 Å². The summed E-state index contributed by atoms with van der Waals surface area (Å²) in [4.78, 5) is 16.7. The van der Waals surface area contributed by atoms with E-state index in [1.54, 1.807) is 6.20 Å². The number of H-pyrrole nitrogens is 1. The fourth-order valence-electron chi connectivity index (χ4n) is 3.59. The second kappa shape index (κ2) is 8.48. The highest BCUT2D eigenvalue weighted by molar-refractivity contribution is 5.78. The molecule has 0 radical (unpaired) electrons. The monoisotopic (exact) mass is 395 g/mol. The Morgan fingerprint density at radius 2 is 2.24 bits per heavy atom. The van der Waals surface area contributed by atoms with E-state index in [1.807, 2.05) is 48.9 Å². The number of hydrogen-bond acceptors (Lipinski definition) is 5. The molecule has 1 amide bonds. The van der Waals surface area contributed by atoms with Gasteiger partial charge in [0.25, 0.3) is 5.91 Å². The van der Waals surface area contributed by atoms with E-state index in [4.69, 9.17) is 9.47 Å². The lowest BCUT2D eigenvalue weighted by atomic mass is 10.1. The summed E-state index contributed by atoms with van der Waals surface area (Å²) < 4.78 is 13.3. The molecule has 3 aromatic rings. The van der Waals surface area contributed by atoms with Gasteiger partial charge in [0.05, 0.1) is 28.7 Å². The van der Waals surface area contributed by atoms with Crippen molar-refractivity contribution in [2.45, 2.75) is 32.8 Å². The first-order valence-corrected chi connectivity index (χ1v) is 9.79. The van der Waals surface area contributed by atoms with Gasteiger partial charge in [-0.15, -0.1) is 0 Å². The number of carbonyl (C=O) groups excluding carboxylic acids is 1. The number of rotatable bonds is 7. The highest BCUT2D eigenvalue weighted by Crippen LogP contribution is 2.31. The molecule has 8 heteroatoms. The molecule has 0 aliphatic carbocycles. The molecule has 3 heterocycles. The van der Waals surface area contributed by atoms with Gasteiger partial charge in [-0.3, -0.25) is 14.5 Å². The second-order valence-corrected chi connectivity index (χ2v) is 7.13. The summed E-state index contributed by atoms with van der Waals surface area (Å²) >= 11 is 0. The summed E-state index contributed by atoms with van der Waals surface area (Å²) in [6, 6.07) is 7.58. The van der Waals surface area contributed by atoms with Crippen LogP contribution < -0.4 is 10.1 Å². The summed E-state index contributed by atoms with van der Waals surface area (Å²) in [6.45, 7) is 5.15. The summed E-state index contributed by atoms with van der Waals surface area (Å²) in [5.74, 6) is 1.17. The van der Waals surface area contributed by atoms with Gasteiger partial charge in [0.2, 0.25) is 0 Å². The van der Waals surface area contributed by atoms with Crippen molar-refractivity contribution in [2.24, 2.45) is 0 Å². The number of aromatic nitrogens is 4.